The van der Waals surface area contributed by atoms with E-state index in [1.165, 1.54) is 12.1 Å². The molecule has 0 radical (unpaired) electrons. The van der Waals surface area contributed by atoms with Crippen LogP contribution in [0.2, 0.25) is 0 Å². The van der Waals surface area contributed by atoms with Gasteiger partial charge in [-0.25, -0.2) is 0 Å². The van der Waals surface area contributed by atoms with Crippen LogP contribution in [0.4, 0.5) is 5.69 Å². The first kappa shape index (κ1) is 19.1. The summed E-state index contributed by atoms with van der Waals surface area (Å²) in [5.74, 6) is 0.323. The number of ether oxygens (including phenoxy) is 1. The fourth-order valence-corrected chi connectivity index (χ4v) is 2.74. The predicted octanol–water partition coefficient (Wildman–Crippen LogP) is 4.66. The minimum absolute atomic E-state index is 0.00471. The molecule has 6 nitrogen and oxygen atoms in total. The van der Waals surface area contributed by atoms with Crippen LogP contribution in [-0.4, -0.2) is 10.8 Å². The summed E-state index contributed by atoms with van der Waals surface area (Å²) in [7, 11) is 0. The lowest BCUT2D eigenvalue weighted by Crippen LogP contribution is -2.26. The van der Waals surface area contributed by atoms with E-state index >= 15 is 0 Å². The number of benzene rings is 3. The monoisotopic (exact) mass is 376 g/mol. The first-order chi connectivity index (χ1) is 13.5. The van der Waals surface area contributed by atoms with Gasteiger partial charge in [0.05, 0.1) is 11.0 Å². The van der Waals surface area contributed by atoms with E-state index in [9.17, 15) is 14.9 Å². The van der Waals surface area contributed by atoms with Gasteiger partial charge < -0.3 is 10.1 Å². The highest BCUT2D eigenvalue weighted by Crippen LogP contribution is 2.20. The largest absolute Gasteiger partial charge is 0.489 e. The number of nitro benzene ring substituents is 1. The third-order valence-electron chi connectivity index (χ3n) is 4.27. The Morgan fingerprint density at radius 3 is 2.54 bits per heavy atom. The van der Waals surface area contributed by atoms with Crippen molar-refractivity contribution in [1.82, 2.24) is 5.32 Å². The Bertz CT molecular complexity index is 973. The van der Waals surface area contributed by atoms with Crippen LogP contribution < -0.4 is 10.1 Å². The minimum Gasteiger partial charge on any atom is -0.489 e. The molecule has 1 N–H and O–H groups in total. The second kappa shape index (κ2) is 8.81. The number of carbonyl (C=O) groups excluding carboxylic acids is 1. The van der Waals surface area contributed by atoms with Crippen LogP contribution >= 0.6 is 0 Å². The molecule has 1 atom stereocenters. The molecule has 142 valence electrons. The maximum absolute atomic E-state index is 12.6. The van der Waals surface area contributed by atoms with E-state index in [-0.39, 0.29) is 17.6 Å². The maximum atomic E-state index is 12.6. The normalized spacial score (nSPS) is 11.5. The molecule has 0 heterocycles. The molecule has 28 heavy (non-hydrogen) atoms. The fraction of sp³-hybridized carbons (Fsp3) is 0.136. The highest BCUT2D eigenvalue weighted by Gasteiger charge is 2.15. The van der Waals surface area contributed by atoms with Crippen molar-refractivity contribution in [3.05, 3.63) is 106 Å². The highest BCUT2D eigenvalue weighted by atomic mass is 16.6. The van der Waals surface area contributed by atoms with Crippen molar-refractivity contribution in [1.29, 1.82) is 0 Å². The molecule has 1 unspecified atom stereocenters. The molecule has 0 saturated carbocycles. The number of carbonyl (C=O) groups is 1. The van der Waals surface area contributed by atoms with Crippen LogP contribution in [0, 0.1) is 10.1 Å². The van der Waals surface area contributed by atoms with Crippen LogP contribution in [0.25, 0.3) is 0 Å². The molecule has 1 amide bonds. The highest BCUT2D eigenvalue weighted by molar-refractivity contribution is 5.94. The number of hydrogen-bond donors (Lipinski definition) is 1. The van der Waals surface area contributed by atoms with Crippen LogP contribution in [0.5, 0.6) is 5.75 Å². The Morgan fingerprint density at radius 1 is 1.04 bits per heavy atom. The summed E-state index contributed by atoms with van der Waals surface area (Å²) in [4.78, 5) is 23.0. The predicted molar refractivity (Wildman–Crippen MR) is 106 cm³/mol. The van der Waals surface area contributed by atoms with Crippen molar-refractivity contribution >= 4 is 11.6 Å². The number of nitrogens with one attached hydrogen (secondary N) is 1. The number of nitro groups is 1. The SMILES string of the molecule is CC(NC(=O)c1cccc(OCc2ccccc2)c1)c1cccc([N+](=O)[O-])c1. The average Bonchev–Trinajstić information content (AvgIpc) is 2.73. The van der Waals surface area contributed by atoms with E-state index in [0.29, 0.717) is 23.5 Å². The summed E-state index contributed by atoms with van der Waals surface area (Å²) in [6.45, 7) is 2.20. The Kier molecular flexibility index (Phi) is 6.01. The third kappa shape index (κ3) is 4.94. The van der Waals surface area contributed by atoms with Gasteiger partial charge in [0.2, 0.25) is 0 Å². The van der Waals surface area contributed by atoms with Crippen molar-refractivity contribution in [2.45, 2.75) is 19.6 Å². The van der Waals surface area contributed by atoms with Gasteiger partial charge in [0.1, 0.15) is 12.4 Å². The summed E-state index contributed by atoms with van der Waals surface area (Å²) >= 11 is 0. The zero-order chi connectivity index (χ0) is 19.9. The molecule has 0 saturated heterocycles. The zero-order valence-electron chi connectivity index (χ0n) is 15.4. The van der Waals surface area contributed by atoms with Crippen molar-refractivity contribution < 1.29 is 14.5 Å². The van der Waals surface area contributed by atoms with E-state index in [4.69, 9.17) is 4.74 Å². The summed E-state index contributed by atoms with van der Waals surface area (Å²) in [6, 6.07) is 22.6. The molecule has 0 spiro atoms. The van der Waals surface area contributed by atoms with Gasteiger partial charge in [-0.2, -0.15) is 0 Å². The Morgan fingerprint density at radius 2 is 1.79 bits per heavy atom. The molecular weight excluding hydrogens is 356 g/mol. The smallest absolute Gasteiger partial charge is 0.269 e. The first-order valence-electron chi connectivity index (χ1n) is 8.85. The molecule has 0 aromatic heterocycles. The van der Waals surface area contributed by atoms with E-state index < -0.39 is 4.92 Å². The van der Waals surface area contributed by atoms with Crippen LogP contribution in [-0.2, 0) is 6.61 Å². The molecule has 0 aliphatic carbocycles. The van der Waals surface area contributed by atoms with Crippen LogP contribution in [0.3, 0.4) is 0 Å². The molecule has 3 rings (SSSR count). The van der Waals surface area contributed by atoms with Gasteiger partial charge in [-0.05, 0) is 36.2 Å². The van der Waals surface area contributed by atoms with Gasteiger partial charge in [-0.15, -0.1) is 0 Å². The second-order valence-corrected chi connectivity index (χ2v) is 6.35. The maximum Gasteiger partial charge on any atom is 0.269 e. The number of non-ortho nitro benzene ring substituents is 1. The quantitative estimate of drug-likeness (QED) is 0.480. The molecule has 0 aliphatic rings. The molecule has 3 aromatic carbocycles. The van der Waals surface area contributed by atoms with Crippen molar-refractivity contribution in [3.63, 3.8) is 0 Å². The number of amides is 1. The van der Waals surface area contributed by atoms with Crippen molar-refractivity contribution in [3.8, 4) is 5.75 Å². The van der Waals surface area contributed by atoms with Gasteiger partial charge in [0, 0.05) is 17.7 Å². The number of hydrogen-bond acceptors (Lipinski definition) is 4. The van der Waals surface area contributed by atoms with Gasteiger partial charge >= 0.3 is 0 Å². The standard InChI is InChI=1S/C22H20N2O4/c1-16(18-9-5-11-20(13-18)24(26)27)23-22(25)19-10-6-12-21(14-19)28-15-17-7-3-2-4-8-17/h2-14,16H,15H2,1H3,(H,23,25). The minimum atomic E-state index is -0.453. The lowest BCUT2D eigenvalue weighted by Gasteiger charge is -2.15. The zero-order valence-corrected chi connectivity index (χ0v) is 15.4. The van der Waals surface area contributed by atoms with Gasteiger partial charge in [-0.1, -0.05) is 48.5 Å². The van der Waals surface area contributed by atoms with Crippen LogP contribution in [0.15, 0.2) is 78.9 Å². The molecule has 0 aliphatic heterocycles. The lowest BCUT2D eigenvalue weighted by molar-refractivity contribution is -0.384. The van der Waals surface area contributed by atoms with E-state index in [1.807, 2.05) is 30.3 Å². The van der Waals surface area contributed by atoms with Crippen LogP contribution in [0.1, 0.15) is 34.5 Å². The fourth-order valence-electron chi connectivity index (χ4n) is 2.74. The van der Waals surface area contributed by atoms with Gasteiger partial charge in [-0.3, -0.25) is 14.9 Å². The van der Waals surface area contributed by atoms with Crippen molar-refractivity contribution in [2.75, 3.05) is 0 Å². The summed E-state index contributed by atoms with van der Waals surface area (Å²) < 4.78 is 5.76. The second-order valence-electron chi connectivity index (χ2n) is 6.35. The Hall–Kier alpha value is -3.67. The molecule has 6 heteroatoms. The Labute approximate surface area is 162 Å². The molecule has 0 bridgehead atoms. The van der Waals surface area contributed by atoms with Crippen molar-refractivity contribution in [2.24, 2.45) is 0 Å². The Balaban J connectivity index is 1.65. The topological polar surface area (TPSA) is 81.5 Å². The first-order valence-corrected chi connectivity index (χ1v) is 8.85. The van der Waals surface area contributed by atoms with Gasteiger partial charge in [0.25, 0.3) is 11.6 Å². The number of nitrogens with zero attached hydrogens (tertiary/aromatic N) is 1. The summed E-state index contributed by atoms with van der Waals surface area (Å²) in [5, 5.41) is 13.8. The summed E-state index contributed by atoms with van der Waals surface area (Å²) in [6.07, 6.45) is 0. The van der Waals surface area contributed by atoms with E-state index in [2.05, 4.69) is 5.32 Å². The lowest BCUT2D eigenvalue weighted by atomic mass is 10.1. The average molecular weight is 376 g/mol. The molecule has 3 aromatic rings. The van der Waals surface area contributed by atoms with E-state index in [1.54, 1.807) is 43.3 Å². The number of rotatable bonds is 7. The van der Waals surface area contributed by atoms with E-state index in [0.717, 1.165) is 5.56 Å². The summed E-state index contributed by atoms with van der Waals surface area (Å²) in [5.41, 5.74) is 2.16. The van der Waals surface area contributed by atoms with Gasteiger partial charge in [0.15, 0.2) is 0 Å². The third-order valence-corrected chi connectivity index (χ3v) is 4.27. The molecular formula is C22H20N2O4. The molecule has 0 fully saturated rings.